The summed E-state index contributed by atoms with van der Waals surface area (Å²) in [6, 6.07) is 0. The normalized spacial score (nSPS) is 34.3. The van der Waals surface area contributed by atoms with Gasteiger partial charge in [0.05, 0.1) is 22.7 Å². The number of hydrogen-bond acceptors (Lipinski definition) is 12. The van der Waals surface area contributed by atoms with Gasteiger partial charge in [-0.25, -0.2) is 8.42 Å². The predicted molar refractivity (Wildman–Crippen MR) is 334 cm³/mol. The zero-order valence-corrected chi connectivity index (χ0v) is 54.2. The van der Waals surface area contributed by atoms with E-state index < -0.39 is 19.4 Å². The second kappa shape index (κ2) is 25.9. The summed E-state index contributed by atoms with van der Waals surface area (Å²) in [7, 11) is 8.81. The lowest BCUT2D eigenvalue weighted by molar-refractivity contribution is -0.220. The minimum Gasteiger partial charge on any atom is -0.372 e. The zero-order chi connectivity index (χ0) is 56.3. The van der Waals surface area contributed by atoms with Crippen molar-refractivity contribution in [1.29, 1.82) is 0 Å². The molecule has 12 nitrogen and oxygen atoms in total. The van der Waals surface area contributed by atoms with Crippen LogP contribution >= 0.6 is 0 Å². The van der Waals surface area contributed by atoms with Crippen LogP contribution in [-0.4, -0.2) is 229 Å². The van der Waals surface area contributed by atoms with Gasteiger partial charge in [0.15, 0.2) is 9.84 Å². The molecule has 2 unspecified atom stereocenters. The number of nitrogens with zero attached hydrogens (tertiary/aromatic N) is 6. The van der Waals surface area contributed by atoms with Gasteiger partial charge in [-0.3, -0.25) is 4.21 Å². The molecule has 0 aromatic rings. The fraction of sp³-hybridized carbons (Fsp3) is 0.985. The maximum atomic E-state index is 11.2. The van der Waals surface area contributed by atoms with Crippen molar-refractivity contribution in [2.75, 3.05) is 171 Å². The lowest BCUT2D eigenvalue weighted by atomic mass is 9.64. The van der Waals surface area contributed by atoms with Crippen molar-refractivity contribution in [3.05, 3.63) is 0 Å². The average molecular weight is 1140 g/mol. The second-order valence-corrected chi connectivity index (χ2v) is 36.5. The molecular weight excluding hydrogens is 1020 g/mol. The van der Waals surface area contributed by atoms with E-state index in [1.54, 1.807) is 0 Å². The third kappa shape index (κ3) is 15.2. The summed E-state index contributed by atoms with van der Waals surface area (Å²) in [6.07, 6.45) is 38.3. The van der Waals surface area contributed by atoms with Crippen molar-refractivity contribution < 1.29 is 17.4 Å². The van der Waals surface area contributed by atoms with Crippen molar-refractivity contribution in [2.45, 2.75) is 191 Å². The van der Waals surface area contributed by atoms with E-state index in [4.69, 9.17) is 4.74 Å². The molecular formula is C65H122N8O4S2. The molecule has 0 aromatic carbocycles. The number of nitrogens with one attached hydrogen (secondary N) is 2. The highest BCUT2D eigenvalue weighted by Crippen LogP contribution is 2.50. The quantitative estimate of drug-likeness (QED) is 0.227. The Labute approximate surface area is 486 Å². The van der Waals surface area contributed by atoms with Crippen molar-refractivity contribution in [2.24, 2.45) is 44.3 Å². The molecule has 16 rings (SSSR count). The van der Waals surface area contributed by atoms with Crippen LogP contribution in [0, 0.1) is 44.3 Å². The minimum atomic E-state index is -2.66. The van der Waals surface area contributed by atoms with E-state index in [0.29, 0.717) is 16.8 Å². The fourth-order valence-corrected chi connectivity index (χ4v) is 23.0. The van der Waals surface area contributed by atoms with Crippen LogP contribution in [0.3, 0.4) is 0 Å². The first-order valence-electron chi connectivity index (χ1n) is 33.2. The molecule has 0 amide bonds. The highest BCUT2D eigenvalue weighted by atomic mass is 32.2. The first-order valence-corrected chi connectivity index (χ1v) is 36.9. The van der Waals surface area contributed by atoms with E-state index >= 15 is 0 Å². The van der Waals surface area contributed by atoms with E-state index in [0.717, 1.165) is 103 Å². The Hall–Kier alpha value is -0.390. The minimum absolute atomic E-state index is 0.290. The molecule has 79 heavy (non-hydrogen) atoms. The van der Waals surface area contributed by atoms with Gasteiger partial charge < -0.3 is 44.8 Å². The van der Waals surface area contributed by atoms with Gasteiger partial charge in [-0.05, 0) is 226 Å². The Morgan fingerprint density at radius 3 is 1.13 bits per heavy atom. The summed E-state index contributed by atoms with van der Waals surface area (Å²) in [5, 5.41) is 6.58. The van der Waals surface area contributed by atoms with Gasteiger partial charge in [0, 0.05) is 94.8 Å². The number of piperidine rings is 3. The predicted octanol–water partition coefficient (Wildman–Crippen LogP) is 8.84. The number of ether oxygens (including phenoxy) is 1. The summed E-state index contributed by atoms with van der Waals surface area (Å²) in [5.41, 5.74) is 4.71. The second-order valence-electron chi connectivity index (χ2n) is 31.4. The molecule has 0 radical (unpaired) electrons. The van der Waals surface area contributed by atoms with Crippen molar-refractivity contribution >= 4 is 25.2 Å². The molecule has 8 spiro atoms. The molecule has 16 aliphatic rings. The van der Waals surface area contributed by atoms with Crippen LogP contribution < -0.4 is 10.6 Å². The third-order valence-electron chi connectivity index (χ3n) is 24.4. The maximum Gasteiger partial charge on any atom is 0.158 e. The molecule has 11 saturated heterocycles. The Kier molecular flexibility index (Phi) is 20.7. The lowest BCUT2D eigenvalue weighted by Crippen LogP contribution is -2.71. The van der Waals surface area contributed by atoms with Crippen LogP contribution in [-0.2, 0) is 24.1 Å². The summed E-state index contributed by atoms with van der Waals surface area (Å²) in [6.45, 7) is 25.1. The van der Waals surface area contributed by atoms with Gasteiger partial charge in [-0.1, -0.05) is 78.1 Å². The van der Waals surface area contributed by atoms with Crippen molar-refractivity contribution in [3.63, 3.8) is 0 Å². The Bertz CT molecular complexity index is 2060. The highest BCUT2D eigenvalue weighted by molar-refractivity contribution is 8.01. The van der Waals surface area contributed by atoms with Crippen molar-refractivity contribution in [3.8, 4) is 0 Å². The van der Waals surface area contributed by atoms with Gasteiger partial charge in [-0.15, -0.1) is 0 Å². The zero-order valence-electron chi connectivity index (χ0n) is 52.5. The smallest absolute Gasteiger partial charge is 0.158 e. The Morgan fingerprint density at radius 2 is 0.861 bits per heavy atom. The van der Waals surface area contributed by atoms with Gasteiger partial charge in [0.2, 0.25) is 0 Å². The summed E-state index contributed by atoms with van der Waals surface area (Å²) < 4.78 is 38.6. The van der Waals surface area contributed by atoms with Gasteiger partial charge >= 0.3 is 0 Å². The molecule has 5 aliphatic carbocycles. The highest BCUT2D eigenvalue weighted by Gasteiger charge is 2.58. The van der Waals surface area contributed by atoms with Crippen LogP contribution in [0.4, 0.5) is 0 Å². The molecule has 2 atom stereocenters. The monoisotopic (exact) mass is 1140 g/mol. The topological polar surface area (TPSA) is 104 Å². The van der Waals surface area contributed by atoms with Gasteiger partial charge in [0.25, 0.3) is 0 Å². The maximum absolute atomic E-state index is 11.2. The van der Waals surface area contributed by atoms with Crippen LogP contribution in [0.1, 0.15) is 181 Å². The molecule has 458 valence electrons. The molecule has 16 fully saturated rings. The SMILES string of the molecule is C=S1(=O)CC2(CN(C)C2)C1.CC1CCCC12CNC2.CC1COC12CNC2.CN1CC2(CCCCC2)C1.CN1CC2(CCS2(=O)=O)C1.CN1CCC2(CCCC2)CC1.CN1CCC2(CCCC2)CC1.CN1CCCC2(CCC2)C1. The number of likely N-dealkylation sites (tertiary alicyclic amines) is 6. The number of hydrogen-bond donors (Lipinski definition) is 2. The summed E-state index contributed by atoms with van der Waals surface area (Å²) in [5.74, 6) is 7.66. The van der Waals surface area contributed by atoms with E-state index in [9.17, 15) is 12.6 Å². The van der Waals surface area contributed by atoms with Gasteiger partial charge in [-0.2, -0.15) is 0 Å². The number of sulfone groups is 1. The average Bonchev–Trinajstić information content (AvgIpc) is 4.12. The Morgan fingerprint density at radius 1 is 0.418 bits per heavy atom. The van der Waals surface area contributed by atoms with Crippen LogP contribution in [0.2, 0.25) is 0 Å². The third-order valence-corrected chi connectivity index (χ3v) is 29.2. The molecule has 14 heteroatoms. The first kappa shape index (κ1) is 63.1. The molecule has 0 bridgehead atoms. The fourth-order valence-electron chi connectivity index (χ4n) is 18.5. The standard InChI is InChI=1S/2C10H19N.2C9H17N.C8H15N.C7H13NOS.C6H11NO2S.C6H11NO/c2*1-11-8-6-10(7-9-11)4-2-3-5-10;1-10-7-3-6-9(8-10)4-2-5-9;1-10-7-9(8-10)5-3-2-4-6-9;1-7-3-2-4-8(7)5-9-6-8;1-8-3-7(4-8)5-10(2,9)6-7;1-7-4-6(5-7)2-3-10(6,8)9;1-5-2-8-6(5)3-7-4-6/h2*2-9H2,1H3;2*2-8H2,1H3;7,9H,2-6H2,1H3;2-6H2,1H3;2-5H2,1H3;5,7H,2-4H2,1H3. The molecule has 11 aliphatic heterocycles. The molecule has 5 saturated carbocycles. The van der Waals surface area contributed by atoms with Crippen molar-refractivity contribution in [1.82, 2.24) is 40.0 Å². The summed E-state index contributed by atoms with van der Waals surface area (Å²) >= 11 is 0. The lowest BCUT2D eigenvalue weighted by Gasteiger charge is -2.55. The Balaban J connectivity index is 0.000000110. The van der Waals surface area contributed by atoms with E-state index in [1.807, 2.05) is 7.05 Å². The molecule has 2 N–H and O–H groups in total. The van der Waals surface area contributed by atoms with Crippen LogP contribution in [0.5, 0.6) is 0 Å². The summed E-state index contributed by atoms with van der Waals surface area (Å²) in [4.78, 5) is 14.2. The molecule has 11 heterocycles. The van der Waals surface area contributed by atoms with Crippen LogP contribution in [0.25, 0.3) is 0 Å². The van der Waals surface area contributed by atoms with Gasteiger partial charge in [0.1, 0.15) is 0 Å². The van der Waals surface area contributed by atoms with E-state index in [2.05, 4.69) is 95.0 Å². The molecule has 0 aromatic heterocycles. The first-order chi connectivity index (χ1) is 37.5. The van der Waals surface area contributed by atoms with Crippen LogP contribution in [0.15, 0.2) is 0 Å². The largest absolute Gasteiger partial charge is 0.372 e. The van der Waals surface area contributed by atoms with E-state index in [-0.39, 0.29) is 4.75 Å². The van der Waals surface area contributed by atoms with E-state index in [1.165, 1.54) is 226 Å². The number of rotatable bonds is 0.